The van der Waals surface area contributed by atoms with E-state index in [9.17, 15) is 0 Å². The molecule has 1 rings (SSSR count). The molecule has 0 atom stereocenters. The van der Waals surface area contributed by atoms with Gasteiger partial charge in [0.15, 0.2) is 0 Å². The third-order valence-corrected chi connectivity index (χ3v) is 1.35. The van der Waals surface area contributed by atoms with Crippen molar-refractivity contribution in [3.63, 3.8) is 0 Å². The highest BCUT2D eigenvalue weighted by molar-refractivity contribution is 6.17. The van der Waals surface area contributed by atoms with Gasteiger partial charge in [0.05, 0.1) is 17.5 Å². The summed E-state index contributed by atoms with van der Waals surface area (Å²) in [6.45, 7) is 0. The van der Waals surface area contributed by atoms with Crippen molar-refractivity contribution in [3.05, 3.63) is 17.8 Å². The Morgan fingerprint density at radius 1 is 1.44 bits per heavy atom. The van der Waals surface area contributed by atoms with E-state index in [1.165, 1.54) is 6.26 Å². The van der Waals surface area contributed by atoms with Crippen molar-refractivity contribution in [2.24, 2.45) is 0 Å². The zero-order chi connectivity index (χ0) is 6.69. The first kappa shape index (κ1) is 6.90. The van der Waals surface area contributed by atoms with Gasteiger partial charge in [-0.05, 0) is 0 Å². The largest absolute Gasteiger partial charge is 0.447 e. The van der Waals surface area contributed by atoms with Crippen LogP contribution < -0.4 is 0 Å². The van der Waals surface area contributed by atoms with Gasteiger partial charge in [-0.15, -0.1) is 23.2 Å². The highest BCUT2D eigenvalue weighted by Crippen LogP contribution is 2.05. The Morgan fingerprint density at radius 3 is 2.56 bits per heavy atom. The lowest BCUT2D eigenvalue weighted by atomic mass is 10.6. The van der Waals surface area contributed by atoms with Crippen LogP contribution in [0.1, 0.15) is 11.6 Å². The topological polar surface area (TPSA) is 26.0 Å². The number of halogens is 2. The molecule has 2 nitrogen and oxygen atoms in total. The van der Waals surface area contributed by atoms with Gasteiger partial charge in [0.2, 0.25) is 5.89 Å². The fourth-order valence-corrected chi connectivity index (χ4v) is 0.717. The third-order valence-electron chi connectivity index (χ3n) is 0.851. The highest BCUT2D eigenvalue weighted by atomic mass is 35.5. The van der Waals surface area contributed by atoms with E-state index in [0.717, 1.165) is 5.69 Å². The molecule has 0 spiro atoms. The van der Waals surface area contributed by atoms with Crippen molar-refractivity contribution in [2.45, 2.75) is 11.8 Å². The number of alkyl halides is 2. The minimum absolute atomic E-state index is 0.302. The molecular formula is C5H5Cl2NO. The summed E-state index contributed by atoms with van der Waals surface area (Å²) < 4.78 is 4.88. The van der Waals surface area contributed by atoms with Crippen LogP contribution in [0.3, 0.4) is 0 Å². The summed E-state index contributed by atoms with van der Waals surface area (Å²) >= 11 is 10.8. The fourth-order valence-electron chi connectivity index (χ4n) is 0.472. The maximum Gasteiger partial charge on any atom is 0.209 e. The molecule has 9 heavy (non-hydrogen) atoms. The molecule has 50 valence electrons. The van der Waals surface area contributed by atoms with E-state index in [4.69, 9.17) is 27.6 Å². The lowest BCUT2D eigenvalue weighted by molar-refractivity contribution is 0.515. The molecule has 0 unspecified atom stereocenters. The monoisotopic (exact) mass is 165 g/mol. The van der Waals surface area contributed by atoms with E-state index in [1.54, 1.807) is 0 Å². The number of nitrogens with zero attached hydrogens (tertiary/aromatic N) is 1. The minimum Gasteiger partial charge on any atom is -0.447 e. The SMILES string of the molecule is ClCc1coc(CCl)n1. The second-order valence-electron chi connectivity index (χ2n) is 1.50. The molecule has 0 radical (unpaired) electrons. The summed E-state index contributed by atoms with van der Waals surface area (Å²) in [4.78, 5) is 3.92. The van der Waals surface area contributed by atoms with Gasteiger partial charge in [-0.2, -0.15) is 0 Å². The maximum absolute atomic E-state index is 5.43. The van der Waals surface area contributed by atoms with E-state index < -0.39 is 0 Å². The predicted molar refractivity (Wildman–Crippen MR) is 35.6 cm³/mol. The third kappa shape index (κ3) is 1.60. The molecule has 0 N–H and O–H groups in total. The lowest BCUT2D eigenvalue weighted by Gasteiger charge is -1.78. The quantitative estimate of drug-likeness (QED) is 0.629. The fraction of sp³-hybridized carbons (Fsp3) is 0.400. The number of aromatic nitrogens is 1. The second kappa shape index (κ2) is 3.08. The summed E-state index contributed by atoms with van der Waals surface area (Å²) in [6, 6.07) is 0. The molecule has 1 aromatic heterocycles. The molecule has 0 aliphatic rings. The van der Waals surface area contributed by atoms with Gasteiger partial charge in [0.1, 0.15) is 6.26 Å². The van der Waals surface area contributed by atoms with E-state index in [0.29, 0.717) is 17.7 Å². The van der Waals surface area contributed by atoms with Crippen molar-refractivity contribution in [1.82, 2.24) is 4.98 Å². The van der Waals surface area contributed by atoms with Gasteiger partial charge >= 0.3 is 0 Å². The molecule has 0 bridgehead atoms. The number of oxazole rings is 1. The molecular weight excluding hydrogens is 161 g/mol. The van der Waals surface area contributed by atoms with Crippen LogP contribution in [0.15, 0.2) is 10.7 Å². The van der Waals surface area contributed by atoms with Crippen LogP contribution in [0.4, 0.5) is 0 Å². The van der Waals surface area contributed by atoms with Crippen molar-refractivity contribution in [2.75, 3.05) is 0 Å². The van der Waals surface area contributed by atoms with Gasteiger partial charge in [-0.25, -0.2) is 4.98 Å². The van der Waals surface area contributed by atoms with E-state index in [-0.39, 0.29) is 0 Å². The van der Waals surface area contributed by atoms with Crippen molar-refractivity contribution < 1.29 is 4.42 Å². The van der Waals surface area contributed by atoms with E-state index in [2.05, 4.69) is 4.98 Å². The summed E-state index contributed by atoms with van der Waals surface area (Å²) in [7, 11) is 0. The van der Waals surface area contributed by atoms with Crippen LogP contribution in [-0.4, -0.2) is 4.98 Å². The normalized spacial score (nSPS) is 10.0. The van der Waals surface area contributed by atoms with Crippen molar-refractivity contribution in [1.29, 1.82) is 0 Å². The Kier molecular flexibility index (Phi) is 2.37. The highest BCUT2D eigenvalue weighted by Gasteiger charge is 1.98. The van der Waals surface area contributed by atoms with Crippen LogP contribution in [0.5, 0.6) is 0 Å². The Morgan fingerprint density at radius 2 is 2.22 bits per heavy atom. The summed E-state index contributed by atoms with van der Waals surface area (Å²) in [6.07, 6.45) is 1.50. The summed E-state index contributed by atoms with van der Waals surface area (Å²) in [5.41, 5.74) is 0.729. The summed E-state index contributed by atoms with van der Waals surface area (Å²) in [5.74, 6) is 1.20. The predicted octanol–water partition coefficient (Wildman–Crippen LogP) is 2.15. The molecule has 1 heterocycles. The Labute approximate surface area is 62.8 Å². The number of hydrogen-bond donors (Lipinski definition) is 0. The Hall–Kier alpha value is -0.210. The first-order chi connectivity index (χ1) is 4.36. The molecule has 0 saturated heterocycles. The molecule has 0 saturated carbocycles. The minimum atomic E-state index is 0.302. The molecule has 1 aromatic rings. The maximum atomic E-state index is 5.43. The van der Waals surface area contributed by atoms with Gasteiger partial charge in [0.25, 0.3) is 0 Å². The van der Waals surface area contributed by atoms with Crippen LogP contribution in [0.2, 0.25) is 0 Å². The van der Waals surface area contributed by atoms with Crippen LogP contribution in [-0.2, 0) is 11.8 Å². The van der Waals surface area contributed by atoms with Crippen molar-refractivity contribution >= 4 is 23.2 Å². The molecule has 4 heteroatoms. The molecule has 0 amide bonds. The Balaban J connectivity index is 2.74. The standard InChI is InChI=1S/C5H5Cl2NO/c6-1-4-3-9-5(2-7)8-4/h3H,1-2H2. The second-order valence-corrected chi connectivity index (χ2v) is 2.03. The van der Waals surface area contributed by atoms with Crippen LogP contribution >= 0.6 is 23.2 Å². The Bertz CT molecular complexity index is 168. The van der Waals surface area contributed by atoms with Gasteiger partial charge in [-0.1, -0.05) is 0 Å². The first-order valence-electron chi connectivity index (χ1n) is 2.42. The zero-order valence-electron chi connectivity index (χ0n) is 4.60. The van der Waals surface area contributed by atoms with Gasteiger partial charge in [0, 0.05) is 0 Å². The molecule has 0 aliphatic heterocycles. The zero-order valence-corrected chi connectivity index (χ0v) is 6.11. The van der Waals surface area contributed by atoms with Gasteiger partial charge in [-0.3, -0.25) is 0 Å². The average molecular weight is 166 g/mol. The first-order valence-corrected chi connectivity index (χ1v) is 3.49. The lowest BCUT2D eigenvalue weighted by Crippen LogP contribution is -1.78. The number of rotatable bonds is 2. The molecule has 0 aromatic carbocycles. The van der Waals surface area contributed by atoms with E-state index >= 15 is 0 Å². The van der Waals surface area contributed by atoms with Crippen molar-refractivity contribution in [3.8, 4) is 0 Å². The van der Waals surface area contributed by atoms with E-state index in [1.807, 2.05) is 0 Å². The molecule has 0 aliphatic carbocycles. The van der Waals surface area contributed by atoms with Crippen LogP contribution in [0.25, 0.3) is 0 Å². The smallest absolute Gasteiger partial charge is 0.209 e. The van der Waals surface area contributed by atoms with Gasteiger partial charge < -0.3 is 4.42 Å². The van der Waals surface area contributed by atoms with Crippen LogP contribution in [0, 0.1) is 0 Å². The number of hydrogen-bond acceptors (Lipinski definition) is 2. The summed E-state index contributed by atoms with van der Waals surface area (Å²) in [5, 5.41) is 0. The average Bonchev–Trinajstić information content (AvgIpc) is 2.34. The molecule has 0 fully saturated rings.